The fourth-order valence-electron chi connectivity index (χ4n) is 3.28. The number of carbonyl (C=O) groups excluding carboxylic acids is 1. The van der Waals surface area contributed by atoms with Crippen LogP contribution in [-0.2, 0) is 9.53 Å². The van der Waals surface area contributed by atoms with E-state index in [-0.39, 0.29) is 42.8 Å². The molecule has 0 bridgehead atoms. The molecule has 2 aromatic rings. The van der Waals surface area contributed by atoms with Gasteiger partial charge in [0.05, 0.1) is 22.6 Å². The van der Waals surface area contributed by atoms with Crippen molar-refractivity contribution in [3.05, 3.63) is 30.1 Å². The Morgan fingerprint density at radius 3 is 2.46 bits per heavy atom. The first-order chi connectivity index (χ1) is 11.4. The van der Waals surface area contributed by atoms with Crippen LogP contribution in [0.25, 0.3) is 11.0 Å². The van der Waals surface area contributed by atoms with Gasteiger partial charge < -0.3 is 20.4 Å². The number of hydrogen-bond acceptors (Lipinski definition) is 4. The van der Waals surface area contributed by atoms with Crippen molar-refractivity contribution >= 4 is 41.8 Å². The molecule has 0 aliphatic carbocycles. The summed E-state index contributed by atoms with van der Waals surface area (Å²) in [6, 6.07) is 8.08. The molecule has 1 unspecified atom stereocenters. The number of rotatable bonds is 4. The van der Waals surface area contributed by atoms with Crippen LogP contribution in [0.15, 0.2) is 24.3 Å². The van der Waals surface area contributed by atoms with Crippen molar-refractivity contribution in [1.82, 2.24) is 14.9 Å². The van der Waals surface area contributed by atoms with Gasteiger partial charge in [-0.05, 0) is 45.7 Å². The summed E-state index contributed by atoms with van der Waals surface area (Å²) in [6.07, 6.45) is 1.10. The van der Waals surface area contributed by atoms with Gasteiger partial charge in [-0.15, -0.1) is 24.8 Å². The van der Waals surface area contributed by atoms with Crippen LogP contribution in [0.1, 0.15) is 51.5 Å². The molecule has 1 aliphatic rings. The summed E-state index contributed by atoms with van der Waals surface area (Å²) < 4.78 is 7.49. The fourth-order valence-corrected chi connectivity index (χ4v) is 3.28. The normalized spacial score (nSPS) is 17.3. The van der Waals surface area contributed by atoms with Gasteiger partial charge in [0.15, 0.2) is 0 Å². The lowest BCUT2D eigenvalue weighted by atomic mass is 9.90. The van der Waals surface area contributed by atoms with E-state index in [0.717, 1.165) is 16.9 Å². The van der Waals surface area contributed by atoms with Gasteiger partial charge in [-0.1, -0.05) is 12.1 Å². The van der Waals surface area contributed by atoms with Crippen molar-refractivity contribution in [2.45, 2.75) is 51.2 Å². The van der Waals surface area contributed by atoms with Gasteiger partial charge in [-0.2, -0.15) is 0 Å². The second kappa shape index (κ2) is 9.04. The zero-order valence-corrected chi connectivity index (χ0v) is 17.0. The molecule has 1 fully saturated rings. The van der Waals surface area contributed by atoms with Crippen molar-refractivity contribution < 1.29 is 9.53 Å². The van der Waals surface area contributed by atoms with Gasteiger partial charge >= 0.3 is 0 Å². The van der Waals surface area contributed by atoms with Gasteiger partial charge in [0.1, 0.15) is 5.82 Å². The maximum atomic E-state index is 12.7. The minimum atomic E-state index is -0.846. The first-order valence-corrected chi connectivity index (χ1v) is 8.57. The number of amides is 1. The average Bonchev–Trinajstić information content (AvgIpc) is 2.95. The molecule has 146 valence electrons. The van der Waals surface area contributed by atoms with Crippen molar-refractivity contribution in [3.8, 4) is 0 Å². The van der Waals surface area contributed by atoms with Crippen LogP contribution < -0.4 is 11.1 Å². The second-order valence-corrected chi connectivity index (χ2v) is 6.89. The molecule has 2 heterocycles. The van der Waals surface area contributed by atoms with Crippen molar-refractivity contribution in [3.63, 3.8) is 0 Å². The highest BCUT2D eigenvalue weighted by molar-refractivity contribution is 5.86. The number of hydrogen-bond donors (Lipinski definition) is 2. The first kappa shape index (κ1) is 22.7. The summed E-state index contributed by atoms with van der Waals surface area (Å²) in [5, 5.41) is 3.06. The lowest BCUT2D eigenvalue weighted by Gasteiger charge is -2.33. The van der Waals surface area contributed by atoms with Crippen LogP contribution in [0.4, 0.5) is 0 Å². The molecule has 3 N–H and O–H groups in total. The van der Waals surface area contributed by atoms with Gasteiger partial charge in [-0.3, -0.25) is 4.79 Å². The number of imidazole rings is 1. The van der Waals surface area contributed by atoms with E-state index in [1.807, 2.05) is 25.1 Å². The van der Waals surface area contributed by atoms with Crippen LogP contribution in [0.2, 0.25) is 0 Å². The van der Waals surface area contributed by atoms with Crippen LogP contribution in [-0.4, -0.2) is 34.2 Å². The van der Waals surface area contributed by atoms with Crippen molar-refractivity contribution in [1.29, 1.82) is 0 Å². The standard InChI is InChI=1S/C18H26N4O2.2ClH/c1-12(2)22-15-7-5-4-6-14(15)21-16(22)13(3)20-17(23)18(19)8-10-24-11-9-18;;/h4-7,12-13H,8-11,19H2,1-3H3,(H,20,23);2*1H. The minimum Gasteiger partial charge on any atom is -0.381 e. The van der Waals surface area contributed by atoms with E-state index >= 15 is 0 Å². The van der Waals surface area contributed by atoms with E-state index in [1.54, 1.807) is 0 Å². The van der Waals surface area contributed by atoms with Crippen molar-refractivity contribution in [2.75, 3.05) is 13.2 Å². The number of nitrogens with zero attached hydrogens (tertiary/aromatic N) is 2. The van der Waals surface area contributed by atoms with E-state index in [4.69, 9.17) is 15.5 Å². The molecule has 1 aromatic heterocycles. The van der Waals surface area contributed by atoms with Crippen LogP contribution in [0, 0.1) is 0 Å². The highest BCUT2D eigenvalue weighted by atomic mass is 35.5. The summed E-state index contributed by atoms with van der Waals surface area (Å²) in [6.45, 7) is 7.26. The Morgan fingerprint density at radius 2 is 1.85 bits per heavy atom. The third kappa shape index (κ3) is 4.31. The largest absolute Gasteiger partial charge is 0.381 e. The maximum absolute atomic E-state index is 12.7. The summed E-state index contributed by atoms with van der Waals surface area (Å²) in [4.78, 5) is 17.4. The molecule has 8 heteroatoms. The maximum Gasteiger partial charge on any atom is 0.240 e. The number of benzene rings is 1. The van der Waals surface area contributed by atoms with E-state index in [1.165, 1.54) is 0 Å². The number of carbonyl (C=O) groups is 1. The molecule has 1 amide bonds. The smallest absolute Gasteiger partial charge is 0.240 e. The summed E-state index contributed by atoms with van der Waals surface area (Å²) in [7, 11) is 0. The molecule has 6 nitrogen and oxygen atoms in total. The van der Waals surface area contributed by atoms with E-state index in [0.29, 0.717) is 26.1 Å². The third-order valence-corrected chi connectivity index (χ3v) is 4.71. The molecule has 1 aliphatic heterocycles. The van der Waals surface area contributed by atoms with E-state index in [9.17, 15) is 4.79 Å². The van der Waals surface area contributed by atoms with Gasteiger partial charge in [0.25, 0.3) is 0 Å². The number of fused-ring (bicyclic) bond motifs is 1. The highest BCUT2D eigenvalue weighted by Gasteiger charge is 2.37. The Hall–Kier alpha value is -1.34. The number of ether oxygens (including phenoxy) is 1. The zero-order valence-electron chi connectivity index (χ0n) is 15.4. The number of nitrogens with two attached hydrogens (primary N) is 1. The summed E-state index contributed by atoms with van der Waals surface area (Å²) >= 11 is 0. The Bertz CT molecular complexity index is 742. The molecule has 0 spiro atoms. The molecule has 26 heavy (non-hydrogen) atoms. The van der Waals surface area contributed by atoms with Crippen LogP contribution in [0.5, 0.6) is 0 Å². The molecule has 0 saturated carbocycles. The number of aromatic nitrogens is 2. The van der Waals surface area contributed by atoms with Crippen LogP contribution in [0.3, 0.4) is 0 Å². The molecular weight excluding hydrogens is 375 g/mol. The Labute approximate surface area is 166 Å². The number of nitrogens with one attached hydrogen (secondary N) is 1. The SMILES string of the molecule is CC(NC(=O)C1(N)CCOCC1)c1nc2ccccc2n1C(C)C.Cl.Cl. The predicted octanol–water partition coefficient (Wildman–Crippen LogP) is 3.15. The quantitative estimate of drug-likeness (QED) is 0.822. The number of para-hydroxylation sites is 2. The Balaban J connectivity index is 0.00000169. The molecule has 1 aromatic carbocycles. The molecule has 3 rings (SSSR count). The molecule has 1 saturated heterocycles. The zero-order chi connectivity index (χ0) is 17.3. The topological polar surface area (TPSA) is 82.2 Å². The first-order valence-electron chi connectivity index (χ1n) is 8.57. The highest BCUT2D eigenvalue weighted by Crippen LogP contribution is 2.26. The lowest BCUT2D eigenvalue weighted by Crippen LogP contribution is -2.57. The van der Waals surface area contributed by atoms with Gasteiger partial charge in [0.2, 0.25) is 5.91 Å². The predicted molar refractivity (Wildman–Crippen MR) is 108 cm³/mol. The Kier molecular flexibility index (Phi) is 7.89. The second-order valence-electron chi connectivity index (χ2n) is 6.89. The lowest BCUT2D eigenvalue weighted by molar-refractivity contribution is -0.130. The third-order valence-electron chi connectivity index (χ3n) is 4.71. The average molecular weight is 403 g/mol. The summed E-state index contributed by atoms with van der Waals surface area (Å²) in [5.41, 5.74) is 7.46. The summed E-state index contributed by atoms with van der Waals surface area (Å²) in [5.74, 6) is 0.732. The molecule has 1 atom stereocenters. The van der Waals surface area contributed by atoms with Gasteiger partial charge in [0, 0.05) is 19.3 Å². The molecular formula is C18H28Cl2N4O2. The molecule has 0 radical (unpaired) electrons. The minimum absolute atomic E-state index is 0. The van der Waals surface area contributed by atoms with E-state index in [2.05, 4.69) is 29.8 Å². The monoisotopic (exact) mass is 402 g/mol. The van der Waals surface area contributed by atoms with E-state index < -0.39 is 5.54 Å². The van der Waals surface area contributed by atoms with Gasteiger partial charge in [-0.25, -0.2) is 4.98 Å². The number of halogens is 2. The fraction of sp³-hybridized carbons (Fsp3) is 0.556. The Morgan fingerprint density at radius 1 is 1.23 bits per heavy atom. The van der Waals surface area contributed by atoms with Crippen LogP contribution >= 0.6 is 24.8 Å². The van der Waals surface area contributed by atoms with Crippen molar-refractivity contribution in [2.24, 2.45) is 5.73 Å².